The zero-order chi connectivity index (χ0) is 12.4. The monoisotopic (exact) mass is 279 g/mol. The number of carbonyl (C=O) groups excluding carboxylic acids is 1. The molecule has 17 heavy (non-hydrogen) atoms. The molecule has 98 valence electrons. The highest BCUT2D eigenvalue weighted by Gasteiger charge is 2.40. The van der Waals surface area contributed by atoms with Crippen LogP contribution in [0.2, 0.25) is 0 Å². The molecule has 5 heteroatoms. The molecule has 1 amide bonds. The van der Waals surface area contributed by atoms with E-state index >= 15 is 0 Å². The molecule has 1 heterocycles. The molecule has 3 atom stereocenters. The van der Waals surface area contributed by atoms with E-state index in [1.807, 2.05) is 4.90 Å². The summed E-state index contributed by atoms with van der Waals surface area (Å²) < 4.78 is 5.35. The predicted octanol–water partition coefficient (Wildman–Crippen LogP) is 2.39. The van der Waals surface area contributed by atoms with Crippen LogP contribution in [-0.2, 0) is 9.53 Å². The molecule has 1 aliphatic carbocycles. The third-order valence-electron chi connectivity index (χ3n) is 3.80. The molecular formula is C12H19Cl2NO2. The fourth-order valence-corrected chi connectivity index (χ4v) is 3.79. The first-order valence-electron chi connectivity index (χ1n) is 6.24. The van der Waals surface area contributed by atoms with Crippen molar-refractivity contribution in [2.45, 2.75) is 55.0 Å². The van der Waals surface area contributed by atoms with Crippen molar-refractivity contribution < 1.29 is 9.53 Å². The first-order chi connectivity index (χ1) is 8.13. The maximum atomic E-state index is 12.0. The van der Waals surface area contributed by atoms with Gasteiger partial charge in [-0.1, -0.05) is 6.42 Å². The number of alkyl halides is 2. The number of piperidine rings is 1. The van der Waals surface area contributed by atoms with Gasteiger partial charge in [0.05, 0.1) is 22.9 Å². The lowest BCUT2D eigenvalue weighted by Gasteiger charge is -2.43. The quantitative estimate of drug-likeness (QED) is 0.727. The molecule has 2 aliphatic rings. The average Bonchev–Trinajstić information content (AvgIpc) is 2.31. The fraction of sp³-hybridized carbons (Fsp3) is 0.917. The van der Waals surface area contributed by atoms with Crippen molar-refractivity contribution in [3.05, 3.63) is 0 Å². The van der Waals surface area contributed by atoms with Gasteiger partial charge in [0.25, 0.3) is 0 Å². The van der Waals surface area contributed by atoms with Gasteiger partial charge in [0.1, 0.15) is 0 Å². The molecule has 3 unspecified atom stereocenters. The number of rotatable bonds is 2. The lowest BCUT2D eigenvalue weighted by atomic mass is 9.91. The van der Waals surface area contributed by atoms with Gasteiger partial charge in [-0.25, -0.2) is 0 Å². The molecule has 0 spiro atoms. The Morgan fingerprint density at radius 3 is 2.47 bits per heavy atom. The summed E-state index contributed by atoms with van der Waals surface area (Å²) in [4.78, 5) is 13.9. The summed E-state index contributed by atoms with van der Waals surface area (Å²) in [6, 6.07) is -0.0301. The van der Waals surface area contributed by atoms with Gasteiger partial charge in [0, 0.05) is 20.1 Å². The van der Waals surface area contributed by atoms with Crippen LogP contribution < -0.4 is 0 Å². The summed E-state index contributed by atoms with van der Waals surface area (Å²) >= 11 is 12.7. The van der Waals surface area contributed by atoms with Gasteiger partial charge in [-0.3, -0.25) is 4.79 Å². The van der Waals surface area contributed by atoms with Crippen LogP contribution >= 0.6 is 23.2 Å². The van der Waals surface area contributed by atoms with E-state index in [0.717, 1.165) is 25.7 Å². The highest BCUT2D eigenvalue weighted by atomic mass is 35.5. The number of methoxy groups -OCH3 is 1. The number of ether oxygens (including phenoxy) is 1. The average molecular weight is 280 g/mol. The standard InChI is InChI=1S/C12H19Cl2NO2/c1-17-8-5-6-11(16)15(7-8)12-9(13)3-2-4-10(12)14/h8-10,12H,2-7H2,1H3. The Kier molecular flexibility index (Phi) is 4.56. The van der Waals surface area contributed by atoms with Gasteiger partial charge in [0.15, 0.2) is 0 Å². The zero-order valence-electron chi connectivity index (χ0n) is 10.1. The van der Waals surface area contributed by atoms with Crippen LogP contribution in [0.3, 0.4) is 0 Å². The van der Waals surface area contributed by atoms with Crippen LogP contribution in [0.4, 0.5) is 0 Å². The van der Waals surface area contributed by atoms with E-state index in [4.69, 9.17) is 27.9 Å². The SMILES string of the molecule is COC1CCC(=O)N(C2C(Cl)CCCC2Cl)C1. The third kappa shape index (κ3) is 2.88. The van der Waals surface area contributed by atoms with Crippen LogP contribution in [0.1, 0.15) is 32.1 Å². The van der Waals surface area contributed by atoms with E-state index in [0.29, 0.717) is 13.0 Å². The molecule has 2 rings (SSSR count). The summed E-state index contributed by atoms with van der Waals surface area (Å²) in [6.07, 6.45) is 4.41. The highest BCUT2D eigenvalue weighted by molar-refractivity contribution is 6.25. The van der Waals surface area contributed by atoms with Crippen molar-refractivity contribution in [2.24, 2.45) is 0 Å². The van der Waals surface area contributed by atoms with Crippen molar-refractivity contribution in [1.82, 2.24) is 4.90 Å². The first kappa shape index (κ1) is 13.4. The Labute approximate surface area is 112 Å². The Morgan fingerprint density at radius 1 is 1.24 bits per heavy atom. The molecule has 0 aromatic heterocycles. The maximum Gasteiger partial charge on any atom is 0.223 e. The van der Waals surface area contributed by atoms with Crippen molar-refractivity contribution in [3.63, 3.8) is 0 Å². The van der Waals surface area contributed by atoms with E-state index in [9.17, 15) is 4.79 Å². The lowest BCUT2D eigenvalue weighted by molar-refractivity contribution is -0.141. The molecule has 0 aromatic carbocycles. The van der Waals surface area contributed by atoms with Crippen molar-refractivity contribution >= 4 is 29.1 Å². The van der Waals surface area contributed by atoms with Gasteiger partial charge in [-0.15, -0.1) is 23.2 Å². The Bertz CT molecular complexity index is 278. The molecule has 0 bridgehead atoms. The van der Waals surface area contributed by atoms with E-state index in [-0.39, 0.29) is 28.8 Å². The minimum absolute atomic E-state index is 0.0224. The van der Waals surface area contributed by atoms with Gasteiger partial charge >= 0.3 is 0 Å². The minimum Gasteiger partial charge on any atom is -0.380 e. The van der Waals surface area contributed by atoms with E-state index < -0.39 is 0 Å². The Hall–Kier alpha value is 0.01000. The number of carbonyl (C=O) groups is 1. The van der Waals surface area contributed by atoms with E-state index in [1.165, 1.54) is 0 Å². The molecule has 0 radical (unpaired) electrons. The number of hydrogen-bond acceptors (Lipinski definition) is 2. The largest absolute Gasteiger partial charge is 0.380 e. The third-order valence-corrected chi connectivity index (χ3v) is 4.75. The second kappa shape index (κ2) is 5.77. The predicted molar refractivity (Wildman–Crippen MR) is 68.7 cm³/mol. The number of halogens is 2. The summed E-state index contributed by atoms with van der Waals surface area (Å²) in [5, 5.41) is -0.0448. The second-order valence-electron chi connectivity index (χ2n) is 4.90. The molecule has 1 saturated carbocycles. The normalized spacial score (nSPS) is 39.5. The van der Waals surface area contributed by atoms with E-state index in [1.54, 1.807) is 7.11 Å². The molecular weight excluding hydrogens is 261 g/mol. The molecule has 2 fully saturated rings. The Balaban J connectivity index is 2.09. The smallest absolute Gasteiger partial charge is 0.223 e. The summed E-state index contributed by atoms with van der Waals surface area (Å²) in [5.41, 5.74) is 0. The first-order valence-corrected chi connectivity index (χ1v) is 7.11. The zero-order valence-corrected chi connectivity index (χ0v) is 11.6. The summed E-state index contributed by atoms with van der Waals surface area (Å²) in [6.45, 7) is 0.631. The van der Waals surface area contributed by atoms with Crippen LogP contribution in [0.5, 0.6) is 0 Å². The molecule has 1 saturated heterocycles. The molecule has 1 aliphatic heterocycles. The number of nitrogens with zero attached hydrogens (tertiary/aromatic N) is 1. The molecule has 0 N–H and O–H groups in total. The van der Waals surface area contributed by atoms with Crippen molar-refractivity contribution in [1.29, 1.82) is 0 Å². The second-order valence-corrected chi connectivity index (χ2v) is 6.02. The molecule has 3 nitrogen and oxygen atoms in total. The van der Waals surface area contributed by atoms with Crippen LogP contribution in [-0.4, -0.2) is 47.4 Å². The van der Waals surface area contributed by atoms with Crippen molar-refractivity contribution in [3.8, 4) is 0 Å². The highest BCUT2D eigenvalue weighted by Crippen LogP contribution is 2.33. The molecule has 0 aromatic rings. The number of hydrogen-bond donors (Lipinski definition) is 0. The topological polar surface area (TPSA) is 29.5 Å². The van der Waals surface area contributed by atoms with Gasteiger partial charge < -0.3 is 9.64 Å². The van der Waals surface area contributed by atoms with Gasteiger partial charge in [-0.2, -0.15) is 0 Å². The minimum atomic E-state index is -0.0301. The lowest BCUT2D eigenvalue weighted by Crippen LogP contribution is -2.56. The van der Waals surface area contributed by atoms with Crippen molar-refractivity contribution in [2.75, 3.05) is 13.7 Å². The number of amides is 1. The fourth-order valence-electron chi connectivity index (χ4n) is 2.79. The maximum absolute atomic E-state index is 12.0. The Morgan fingerprint density at radius 2 is 1.88 bits per heavy atom. The summed E-state index contributed by atoms with van der Waals surface area (Å²) in [7, 11) is 1.69. The van der Waals surface area contributed by atoms with E-state index in [2.05, 4.69) is 0 Å². The summed E-state index contributed by atoms with van der Waals surface area (Å²) in [5.74, 6) is 0.168. The van der Waals surface area contributed by atoms with Crippen LogP contribution in [0.25, 0.3) is 0 Å². The van der Waals surface area contributed by atoms with Gasteiger partial charge in [-0.05, 0) is 19.3 Å². The van der Waals surface area contributed by atoms with Crippen LogP contribution in [0.15, 0.2) is 0 Å². The van der Waals surface area contributed by atoms with Crippen LogP contribution in [0, 0.1) is 0 Å². The number of likely N-dealkylation sites (tertiary alicyclic amines) is 1. The van der Waals surface area contributed by atoms with Gasteiger partial charge in [0.2, 0.25) is 5.91 Å².